The summed E-state index contributed by atoms with van der Waals surface area (Å²) >= 11 is 0. The van der Waals surface area contributed by atoms with E-state index in [1.807, 2.05) is 24.0 Å². The molecule has 1 aliphatic heterocycles. The Morgan fingerprint density at radius 2 is 2.04 bits per heavy atom. The second-order valence-electron chi connectivity index (χ2n) is 6.02. The molecule has 5 nitrogen and oxygen atoms in total. The lowest BCUT2D eigenvalue weighted by Crippen LogP contribution is -2.35. The maximum atomic E-state index is 12.9. The van der Waals surface area contributed by atoms with Gasteiger partial charge < -0.3 is 14.6 Å². The van der Waals surface area contributed by atoms with Crippen LogP contribution in [0.4, 0.5) is 0 Å². The lowest BCUT2D eigenvalue weighted by molar-refractivity contribution is 0.0675. The Bertz CT molecular complexity index is 663. The fraction of sp³-hybridized carbons (Fsp3) is 0.444. The van der Waals surface area contributed by atoms with Crippen molar-refractivity contribution in [1.82, 2.24) is 14.9 Å². The first-order chi connectivity index (χ1) is 11.2. The van der Waals surface area contributed by atoms with Gasteiger partial charge in [0, 0.05) is 6.54 Å². The molecule has 1 aromatic carbocycles. The molecular formula is C18H23N3O2. The van der Waals surface area contributed by atoms with E-state index in [1.54, 1.807) is 13.3 Å². The first kappa shape index (κ1) is 15.6. The number of aromatic nitrogens is 2. The van der Waals surface area contributed by atoms with Crippen LogP contribution in [-0.2, 0) is 0 Å². The van der Waals surface area contributed by atoms with Crippen molar-refractivity contribution in [3.63, 3.8) is 0 Å². The summed E-state index contributed by atoms with van der Waals surface area (Å²) < 4.78 is 5.23. The Hall–Kier alpha value is -2.30. The number of rotatable bonds is 3. The van der Waals surface area contributed by atoms with Crippen LogP contribution in [0.1, 0.15) is 53.6 Å². The van der Waals surface area contributed by atoms with Gasteiger partial charge in [0.05, 0.1) is 19.3 Å². The summed E-state index contributed by atoms with van der Waals surface area (Å²) in [5, 5.41) is 0. The molecule has 0 spiro atoms. The van der Waals surface area contributed by atoms with E-state index >= 15 is 0 Å². The molecule has 3 rings (SSSR count). The van der Waals surface area contributed by atoms with Gasteiger partial charge in [0.1, 0.15) is 17.3 Å². The largest absolute Gasteiger partial charge is 0.497 e. The minimum atomic E-state index is 0.0355. The SMILES string of the molecule is COc1ccc([C@H]2CCCCCN2C(=O)c2cnc(C)[nH]2)cc1. The maximum Gasteiger partial charge on any atom is 0.272 e. The van der Waals surface area contributed by atoms with Gasteiger partial charge in [-0.3, -0.25) is 4.79 Å². The fourth-order valence-electron chi connectivity index (χ4n) is 3.21. The van der Waals surface area contributed by atoms with Gasteiger partial charge in [-0.25, -0.2) is 4.98 Å². The molecule has 122 valence electrons. The highest BCUT2D eigenvalue weighted by Gasteiger charge is 2.28. The van der Waals surface area contributed by atoms with Crippen molar-refractivity contribution in [3.05, 3.63) is 47.5 Å². The monoisotopic (exact) mass is 313 g/mol. The Morgan fingerprint density at radius 3 is 2.70 bits per heavy atom. The molecule has 1 fully saturated rings. The van der Waals surface area contributed by atoms with E-state index in [-0.39, 0.29) is 11.9 Å². The zero-order chi connectivity index (χ0) is 16.2. The average Bonchev–Trinajstić information content (AvgIpc) is 2.87. The van der Waals surface area contributed by atoms with Crippen LogP contribution in [0.25, 0.3) is 0 Å². The number of carbonyl (C=O) groups is 1. The van der Waals surface area contributed by atoms with Crippen molar-refractivity contribution < 1.29 is 9.53 Å². The second-order valence-corrected chi connectivity index (χ2v) is 6.02. The number of aryl methyl sites for hydroxylation is 1. The Balaban J connectivity index is 1.88. The van der Waals surface area contributed by atoms with Crippen LogP contribution in [0, 0.1) is 6.92 Å². The van der Waals surface area contributed by atoms with Gasteiger partial charge in [-0.2, -0.15) is 0 Å². The fourth-order valence-corrected chi connectivity index (χ4v) is 3.21. The minimum absolute atomic E-state index is 0.0355. The number of benzene rings is 1. The van der Waals surface area contributed by atoms with Crippen molar-refractivity contribution >= 4 is 5.91 Å². The van der Waals surface area contributed by atoms with Gasteiger partial charge >= 0.3 is 0 Å². The number of hydrogen-bond acceptors (Lipinski definition) is 3. The lowest BCUT2D eigenvalue weighted by Gasteiger charge is -2.30. The molecule has 0 bridgehead atoms. The van der Waals surface area contributed by atoms with Crippen molar-refractivity contribution in [1.29, 1.82) is 0 Å². The van der Waals surface area contributed by atoms with E-state index in [9.17, 15) is 4.79 Å². The van der Waals surface area contributed by atoms with Crippen molar-refractivity contribution in [2.45, 2.75) is 38.6 Å². The van der Waals surface area contributed by atoms with Gasteiger partial charge in [-0.1, -0.05) is 25.0 Å². The predicted octanol–water partition coefficient (Wildman–Crippen LogP) is 3.48. The Kier molecular flexibility index (Phi) is 4.65. The zero-order valence-electron chi connectivity index (χ0n) is 13.7. The van der Waals surface area contributed by atoms with Crippen LogP contribution < -0.4 is 4.74 Å². The quantitative estimate of drug-likeness (QED) is 0.943. The highest BCUT2D eigenvalue weighted by atomic mass is 16.5. The number of imidazole rings is 1. The standard InChI is InChI=1S/C18H23N3O2/c1-13-19-12-16(20-13)18(22)21-11-5-3-4-6-17(21)14-7-9-15(23-2)10-8-14/h7-10,12,17H,3-6,11H2,1-2H3,(H,19,20)/t17-/m1/s1. The number of hydrogen-bond donors (Lipinski definition) is 1. The third-order valence-corrected chi connectivity index (χ3v) is 4.45. The van der Waals surface area contributed by atoms with E-state index in [0.29, 0.717) is 5.69 Å². The lowest BCUT2D eigenvalue weighted by atomic mass is 10.0. The number of methoxy groups -OCH3 is 1. The summed E-state index contributed by atoms with van der Waals surface area (Å²) in [5.41, 5.74) is 1.74. The third-order valence-electron chi connectivity index (χ3n) is 4.45. The summed E-state index contributed by atoms with van der Waals surface area (Å²) in [7, 11) is 1.66. The Labute approximate surface area is 136 Å². The van der Waals surface area contributed by atoms with Gasteiger partial charge in [-0.05, 0) is 37.5 Å². The molecule has 23 heavy (non-hydrogen) atoms. The molecule has 1 aromatic heterocycles. The summed E-state index contributed by atoms with van der Waals surface area (Å²) in [5.74, 6) is 1.64. The maximum absolute atomic E-state index is 12.9. The van der Waals surface area contributed by atoms with Crippen LogP contribution in [0.5, 0.6) is 5.75 Å². The van der Waals surface area contributed by atoms with Gasteiger partial charge in [0.2, 0.25) is 0 Å². The molecule has 1 saturated heterocycles. The minimum Gasteiger partial charge on any atom is -0.497 e. The first-order valence-electron chi connectivity index (χ1n) is 8.15. The number of amides is 1. The third kappa shape index (κ3) is 3.38. The molecule has 2 heterocycles. The molecule has 1 amide bonds. The number of nitrogens with one attached hydrogen (secondary N) is 1. The highest BCUT2D eigenvalue weighted by molar-refractivity contribution is 5.92. The topological polar surface area (TPSA) is 58.2 Å². The van der Waals surface area contributed by atoms with Crippen molar-refractivity contribution in [3.8, 4) is 5.75 Å². The van der Waals surface area contributed by atoms with E-state index in [2.05, 4.69) is 22.1 Å². The average molecular weight is 313 g/mol. The van der Waals surface area contributed by atoms with Crippen molar-refractivity contribution in [2.75, 3.05) is 13.7 Å². The molecule has 0 radical (unpaired) electrons. The zero-order valence-corrected chi connectivity index (χ0v) is 13.7. The molecule has 2 aromatic rings. The van der Waals surface area contributed by atoms with Crippen LogP contribution in [0.3, 0.4) is 0 Å². The number of H-pyrrole nitrogens is 1. The smallest absolute Gasteiger partial charge is 0.272 e. The van der Waals surface area contributed by atoms with Crippen LogP contribution >= 0.6 is 0 Å². The van der Waals surface area contributed by atoms with Crippen molar-refractivity contribution in [2.24, 2.45) is 0 Å². The highest BCUT2D eigenvalue weighted by Crippen LogP contribution is 2.32. The molecule has 0 saturated carbocycles. The van der Waals surface area contributed by atoms with E-state index in [0.717, 1.165) is 42.9 Å². The summed E-state index contributed by atoms with van der Waals surface area (Å²) in [6, 6.07) is 8.16. The number of carbonyl (C=O) groups excluding carboxylic acids is 1. The molecule has 1 N–H and O–H groups in total. The van der Waals surface area contributed by atoms with Crippen LogP contribution in [0.2, 0.25) is 0 Å². The van der Waals surface area contributed by atoms with E-state index < -0.39 is 0 Å². The number of ether oxygens (including phenoxy) is 1. The molecular weight excluding hydrogens is 290 g/mol. The summed E-state index contributed by atoms with van der Waals surface area (Å²) in [6.07, 6.45) is 5.98. The van der Waals surface area contributed by atoms with Crippen LogP contribution in [0.15, 0.2) is 30.5 Å². The van der Waals surface area contributed by atoms with Gasteiger partial charge in [0.15, 0.2) is 0 Å². The van der Waals surface area contributed by atoms with Crippen LogP contribution in [-0.4, -0.2) is 34.4 Å². The molecule has 1 aliphatic rings. The number of nitrogens with zero attached hydrogens (tertiary/aromatic N) is 2. The first-order valence-corrected chi connectivity index (χ1v) is 8.15. The number of aromatic amines is 1. The van der Waals surface area contributed by atoms with Gasteiger partial charge in [-0.15, -0.1) is 0 Å². The second kappa shape index (κ2) is 6.86. The summed E-state index contributed by atoms with van der Waals surface area (Å²) in [4.78, 5) is 22.1. The molecule has 5 heteroatoms. The van der Waals surface area contributed by atoms with E-state index in [4.69, 9.17) is 4.74 Å². The summed E-state index contributed by atoms with van der Waals surface area (Å²) in [6.45, 7) is 2.65. The molecule has 1 atom stereocenters. The normalized spacial score (nSPS) is 18.5. The van der Waals surface area contributed by atoms with E-state index in [1.165, 1.54) is 6.42 Å². The molecule has 0 unspecified atom stereocenters. The van der Waals surface area contributed by atoms with Gasteiger partial charge in [0.25, 0.3) is 5.91 Å². The molecule has 0 aliphatic carbocycles. The predicted molar refractivity (Wildman–Crippen MR) is 88.6 cm³/mol. The Morgan fingerprint density at radius 1 is 1.26 bits per heavy atom. The number of likely N-dealkylation sites (tertiary alicyclic amines) is 1.